The smallest absolute Gasteiger partial charge is 0.000661 e. The lowest BCUT2D eigenvalue weighted by molar-refractivity contribution is 0.248. The van der Waals surface area contributed by atoms with E-state index in [1.165, 1.54) is 32.4 Å². The van der Waals surface area contributed by atoms with Crippen molar-refractivity contribution < 1.29 is 0 Å². The van der Waals surface area contributed by atoms with Gasteiger partial charge in [-0.1, -0.05) is 13.8 Å². The summed E-state index contributed by atoms with van der Waals surface area (Å²) in [6, 6.07) is 0. The lowest BCUT2D eigenvalue weighted by atomic mass is 9.89. The van der Waals surface area contributed by atoms with Crippen LogP contribution >= 0.6 is 0 Å². The predicted octanol–water partition coefficient (Wildman–Crippen LogP) is 1.70. The molecule has 0 saturated heterocycles. The van der Waals surface area contributed by atoms with Crippen LogP contribution in [0.25, 0.3) is 0 Å². The third kappa shape index (κ3) is 4.63. The van der Waals surface area contributed by atoms with Gasteiger partial charge in [-0.3, -0.25) is 0 Å². The number of rotatable bonds is 6. The molecule has 0 spiro atoms. The third-order valence-electron chi connectivity index (χ3n) is 2.99. The zero-order valence-electron chi connectivity index (χ0n) is 9.34. The zero-order chi connectivity index (χ0) is 9.90. The van der Waals surface area contributed by atoms with Gasteiger partial charge in [-0.15, -0.1) is 0 Å². The normalized spacial score (nSPS) is 18.2. The molecule has 13 heavy (non-hydrogen) atoms. The van der Waals surface area contributed by atoms with E-state index in [-0.39, 0.29) is 0 Å². The van der Waals surface area contributed by atoms with Gasteiger partial charge in [-0.25, -0.2) is 0 Å². The topological polar surface area (TPSA) is 29.3 Å². The summed E-state index contributed by atoms with van der Waals surface area (Å²) in [6.07, 6.45) is 4.11. The maximum Gasteiger partial charge on any atom is 0.000661 e. The summed E-state index contributed by atoms with van der Waals surface area (Å²) in [5, 5.41) is 0. The second-order valence-electron chi connectivity index (χ2n) is 5.32. The van der Waals surface area contributed by atoms with Gasteiger partial charge in [0.1, 0.15) is 0 Å². The lowest BCUT2D eigenvalue weighted by Gasteiger charge is -2.25. The monoisotopic (exact) mass is 184 g/mol. The summed E-state index contributed by atoms with van der Waals surface area (Å²) in [7, 11) is 2.23. The number of nitrogens with two attached hydrogens (primary N) is 1. The van der Waals surface area contributed by atoms with E-state index in [2.05, 4.69) is 25.8 Å². The van der Waals surface area contributed by atoms with Crippen molar-refractivity contribution >= 4 is 0 Å². The van der Waals surface area contributed by atoms with E-state index in [1.807, 2.05) is 0 Å². The van der Waals surface area contributed by atoms with Crippen LogP contribution in [-0.2, 0) is 0 Å². The van der Waals surface area contributed by atoms with Crippen molar-refractivity contribution in [1.82, 2.24) is 4.90 Å². The summed E-state index contributed by atoms with van der Waals surface area (Å²) < 4.78 is 0. The third-order valence-corrected chi connectivity index (χ3v) is 2.99. The Morgan fingerprint density at radius 1 is 1.38 bits per heavy atom. The molecule has 2 nitrogen and oxygen atoms in total. The van der Waals surface area contributed by atoms with Crippen LogP contribution in [0.4, 0.5) is 0 Å². The second-order valence-corrected chi connectivity index (χ2v) is 5.32. The summed E-state index contributed by atoms with van der Waals surface area (Å²) in [5.74, 6) is 1.01. The molecule has 0 aliphatic heterocycles. The van der Waals surface area contributed by atoms with Gasteiger partial charge < -0.3 is 10.6 Å². The molecule has 2 heteroatoms. The highest BCUT2D eigenvalue weighted by Gasteiger charge is 2.23. The molecule has 1 aliphatic rings. The van der Waals surface area contributed by atoms with Crippen molar-refractivity contribution in [3.8, 4) is 0 Å². The Hall–Kier alpha value is -0.0800. The van der Waals surface area contributed by atoms with Crippen LogP contribution in [0.5, 0.6) is 0 Å². The Balaban J connectivity index is 2.09. The number of nitrogens with zero attached hydrogens (tertiary/aromatic N) is 1. The molecule has 0 atom stereocenters. The van der Waals surface area contributed by atoms with Crippen molar-refractivity contribution in [2.24, 2.45) is 17.1 Å². The van der Waals surface area contributed by atoms with Gasteiger partial charge in [0, 0.05) is 6.54 Å². The van der Waals surface area contributed by atoms with E-state index in [4.69, 9.17) is 5.73 Å². The maximum atomic E-state index is 5.69. The van der Waals surface area contributed by atoms with Crippen LogP contribution in [0.3, 0.4) is 0 Å². The Kier molecular flexibility index (Phi) is 3.74. The first-order valence-electron chi connectivity index (χ1n) is 5.42. The molecular formula is C11H24N2. The molecule has 0 radical (unpaired) electrons. The van der Waals surface area contributed by atoms with Gasteiger partial charge >= 0.3 is 0 Å². The quantitative estimate of drug-likeness (QED) is 0.681. The lowest BCUT2D eigenvalue weighted by Crippen LogP contribution is -2.30. The molecule has 1 rings (SSSR count). The van der Waals surface area contributed by atoms with Crippen LogP contribution < -0.4 is 5.73 Å². The van der Waals surface area contributed by atoms with Gasteiger partial charge in [0.25, 0.3) is 0 Å². The van der Waals surface area contributed by atoms with Crippen LogP contribution in [0.15, 0.2) is 0 Å². The Morgan fingerprint density at radius 3 is 2.46 bits per heavy atom. The summed E-state index contributed by atoms with van der Waals surface area (Å²) in [4.78, 5) is 2.45. The number of hydrogen-bond acceptors (Lipinski definition) is 2. The standard InChI is InChI=1S/C11H24N2/c1-11(2,9-12)6-7-13(3)8-10-4-5-10/h10H,4-9,12H2,1-3H3. The van der Waals surface area contributed by atoms with E-state index in [0.717, 1.165) is 12.5 Å². The van der Waals surface area contributed by atoms with Crippen molar-refractivity contribution in [2.75, 3.05) is 26.7 Å². The average Bonchev–Trinajstić information content (AvgIpc) is 2.85. The first kappa shape index (κ1) is 11.0. The molecule has 0 aromatic rings. The minimum absolute atomic E-state index is 0.317. The molecule has 1 fully saturated rings. The minimum Gasteiger partial charge on any atom is -0.330 e. The summed E-state index contributed by atoms with van der Waals surface area (Å²) in [6.45, 7) is 7.78. The molecule has 0 bridgehead atoms. The Bertz CT molecular complexity index is 150. The van der Waals surface area contributed by atoms with Gasteiger partial charge in [0.2, 0.25) is 0 Å². The van der Waals surface area contributed by atoms with E-state index in [0.29, 0.717) is 5.41 Å². The molecular weight excluding hydrogens is 160 g/mol. The molecule has 78 valence electrons. The molecule has 0 amide bonds. The molecule has 2 N–H and O–H groups in total. The second kappa shape index (κ2) is 4.43. The summed E-state index contributed by atoms with van der Waals surface area (Å²) >= 11 is 0. The van der Waals surface area contributed by atoms with Crippen LogP contribution in [0.2, 0.25) is 0 Å². The van der Waals surface area contributed by atoms with Crippen molar-refractivity contribution in [3.05, 3.63) is 0 Å². The highest BCUT2D eigenvalue weighted by molar-refractivity contribution is 4.77. The van der Waals surface area contributed by atoms with Gasteiger partial charge in [-0.2, -0.15) is 0 Å². The van der Waals surface area contributed by atoms with Crippen molar-refractivity contribution in [3.63, 3.8) is 0 Å². The van der Waals surface area contributed by atoms with Crippen molar-refractivity contribution in [1.29, 1.82) is 0 Å². The van der Waals surface area contributed by atoms with Gasteiger partial charge in [-0.05, 0) is 50.7 Å². The molecule has 0 unspecified atom stereocenters. The Labute approximate surface area is 82.5 Å². The van der Waals surface area contributed by atoms with Crippen molar-refractivity contribution in [2.45, 2.75) is 33.1 Å². The highest BCUT2D eigenvalue weighted by atomic mass is 15.1. The van der Waals surface area contributed by atoms with Gasteiger partial charge in [0.05, 0.1) is 0 Å². The first-order valence-corrected chi connectivity index (χ1v) is 5.42. The minimum atomic E-state index is 0.317. The van der Waals surface area contributed by atoms with Crippen LogP contribution in [0.1, 0.15) is 33.1 Å². The Morgan fingerprint density at radius 2 is 2.00 bits per heavy atom. The zero-order valence-corrected chi connectivity index (χ0v) is 9.34. The predicted molar refractivity (Wildman–Crippen MR) is 57.7 cm³/mol. The SMILES string of the molecule is CN(CCC(C)(C)CN)CC1CC1. The molecule has 0 aromatic heterocycles. The fraction of sp³-hybridized carbons (Fsp3) is 1.00. The molecule has 0 heterocycles. The summed E-state index contributed by atoms with van der Waals surface area (Å²) in [5.41, 5.74) is 6.00. The van der Waals surface area contributed by atoms with E-state index < -0.39 is 0 Å². The highest BCUT2D eigenvalue weighted by Crippen LogP contribution is 2.29. The van der Waals surface area contributed by atoms with Crippen LogP contribution in [0, 0.1) is 11.3 Å². The molecule has 0 aromatic carbocycles. The average molecular weight is 184 g/mol. The van der Waals surface area contributed by atoms with E-state index in [1.54, 1.807) is 0 Å². The van der Waals surface area contributed by atoms with E-state index >= 15 is 0 Å². The van der Waals surface area contributed by atoms with Crippen LogP contribution in [-0.4, -0.2) is 31.6 Å². The van der Waals surface area contributed by atoms with Gasteiger partial charge in [0.15, 0.2) is 0 Å². The fourth-order valence-corrected chi connectivity index (χ4v) is 1.43. The number of hydrogen-bond donors (Lipinski definition) is 1. The molecule has 1 saturated carbocycles. The fourth-order valence-electron chi connectivity index (χ4n) is 1.43. The largest absolute Gasteiger partial charge is 0.330 e. The molecule has 1 aliphatic carbocycles. The first-order chi connectivity index (χ1) is 6.03. The van der Waals surface area contributed by atoms with E-state index in [9.17, 15) is 0 Å². The maximum absolute atomic E-state index is 5.69.